The molecule has 1 atom stereocenters. The first-order valence-electron chi connectivity index (χ1n) is 6.58. The van der Waals surface area contributed by atoms with Gasteiger partial charge < -0.3 is 14.8 Å². The summed E-state index contributed by atoms with van der Waals surface area (Å²) >= 11 is 7.89. The summed E-state index contributed by atoms with van der Waals surface area (Å²) < 4.78 is 10.6. The van der Waals surface area contributed by atoms with Crippen molar-refractivity contribution in [3.05, 3.63) is 32.7 Å². The van der Waals surface area contributed by atoms with Crippen LogP contribution in [0.1, 0.15) is 28.5 Å². The minimum atomic E-state index is 0.120. The lowest BCUT2D eigenvalue weighted by Gasteiger charge is -2.18. The average molecular weight is 327 g/mol. The van der Waals surface area contributed by atoms with Gasteiger partial charge in [0.1, 0.15) is 11.5 Å². The van der Waals surface area contributed by atoms with Crippen LogP contribution in [0, 0.1) is 13.8 Å². The molecule has 2 aromatic rings. The first-order valence-corrected chi connectivity index (χ1v) is 7.77. The Hall–Kier alpha value is -1.46. The topological polar surface area (TPSA) is 43.4 Å². The molecule has 1 unspecified atom stereocenters. The molecular formula is C15H19ClN2O2S. The maximum atomic E-state index is 6.19. The fourth-order valence-electron chi connectivity index (χ4n) is 2.22. The minimum Gasteiger partial charge on any atom is -0.495 e. The van der Waals surface area contributed by atoms with Crippen LogP contribution in [0.2, 0.25) is 5.02 Å². The smallest absolute Gasteiger partial charge is 0.145 e. The van der Waals surface area contributed by atoms with Crippen molar-refractivity contribution in [1.29, 1.82) is 0 Å². The number of rotatable bonds is 5. The number of thiazole rings is 1. The van der Waals surface area contributed by atoms with Crippen molar-refractivity contribution in [2.75, 3.05) is 19.5 Å². The van der Waals surface area contributed by atoms with Crippen LogP contribution in [0.3, 0.4) is 0 Å². The van der Waals surface area contributed by atoms with Crippen molar-refractivity contribution in [1.82, 2.24) is 4.98 Å². The van der Waals surface area contributed by atoms with Gasteiger partial charge in [-0.3, -0.25) is 0 Å². The summed E-state index contributed by atoms with van der Waals surface area (Å²) in [5, 5.41) is 5.04. The molecule has 0 aliphatic carbocycles. The molecule has 114 valence electrons. The molecule has 0 saturated heterocycles. The number of anilines is 1. The second-order valence-corrected chi connectivity index (χ2v) is 6.38. The Labute approximate surface area is 134 Å². The quantitative estimate of drug-likeness (QED) is 0.871. The van der Waals surface area contributed by atoms with E-state index in [1.54, 1.807) is 31.6 Å². The Morgan fingerprint density at radius 2 is 1.86 bits per heavy atom. The van der Waals surface area contributed by atoms with E-state index in [1.807, 2.05) is 19.9 Å². The number of nitrogens with zero attached hydrogens (tertiary/aromatic N) is 1. The molecule has 6 heteroatoms. The van der Waals surface area contributed by atoms with E-state index in [2.05, 4.69) is 17.2 Å². The van der Waals surface area contributed by atoms with Crippen molar-refractivity contribution < 1.29 is 9.47 Å². The zero-order valence-corrected chi connectivity index (χ0v) is 14.4. The van der Waals surface area contributed by atoms with Crippen LogP contribution < -0.4 is 14.8 Å². The largest absolute Gasteiger partial charge is 0.495 e. The zero-order chi connectivity index (χ0) is 15.6. The summed E-state index contributed by atoms with van der Waals surface area (Å²) in [7, 11) is 3.21. The normalized spacial score (nSPS) is 12.1. The van der Waals surface area contributed by atoms with Crippen LogP contribution in [-0.2, 0) is 0 Å². The van der Waals surface area contributed by atoms with Gasteiger partial charge in [-0.25, -0.2) is 4.98 Å². The van der Waals surface area contributed by atoms with Gasteiger partial charge in [0.15, 0.2) is 0 Å². The highest BCUT2D eigenvalue weighted by atomic mass is 35.5. The summed E-state index contributed by atoms with van der Waals surface area (Å²) in [5.74, 6) is 1.29. The van der Waals surface area contributed by atoms with Crippen molar-refractivity contribution in [2.24, 2.45) is 0 Å². The highest BCUT2D eigenvalue weighted by molar-refractivity contribution is 7.11. The molecule has 2 rings (SSSR count). The highest BCUT2D eigenvalue weighted by Gasteiger charge is 2.16. The van der Waals surface area contributed by atoms with E-state index in [0.717, 1.165) is 16.4 Å². The molecule has 1 heterocycles. The predicted molar refractivity (Wildman–Crippen MR) is 88.2 cm³/mol. The second kappa shape index (κ2) is 6.54. The molecule has 1 aromatic heterocycles. The van der Waals surface area contributed by atoms with E-state index in [4.69, 9.17) is 21.1 Å². The monoisotopic (exact) mass is 326 g/mol. The third kappa shape index (κ3) is 3.41. The second-order valence-electron chi connectivity index (χ2n) is 4.74. The van der Waals surface area contributed by atoms with E-state index in [-0.39, 0.29) is 6.04 Å². The molecule has 0 spiro atoms. The Morgan fingerprint density at radius 1 is 1.19 bits per heavy atom. The van der Waals surface area contributed by atoms with Gasteiger partial charge in [-0.05, 0) is 26.8 Å². The van der Waals surface area contributed by atoms with Crippen LogP contribution in [0.4, 0.5) is 5.69 Å². The van der Waals surface area contributed by atoms with Crippen LogP contribution in [0.15, 0.2) is 12.1 Å². The molecule has 21 heavy (non-hydrogen) atoms. The van der Waals surface area contributed by atoms with Gasteiger partial charge in [-0.1, -0.05) is 11.6 Å². The Balaban J connectivity index is 2.30. The first kappa shape index (κ1) is 15.9. The van der Waals surface area contributed by atoms with Gasteiger partial charge >= 0.3 is 0 Å². The number of benzene rings is 1. The number of ether oxygens (including phenoxy) is 2. The summed E-state index contributed by atoms with van der Waals surface area (Å²) in [6, 6.07) is 3.72. The minimum absolute atomic E-state index is 0.120. The molecule has 4 nitrogen and oxygen atoms in total. The lowest BCUT2D eigenvalue weighted by molar-refractivity contribution is 0.395. The van der Waals surface area contributed by atoms with E-state index in [0.29, 0.717) is 16.5 Å². The van der Waals surface area contributed by atoms with Gasteiger partial charge in [-0.15, -0.1) is 11.3 Å². The predicted octanol–water partition coefficient (Wildman–Crippen LogP) is 4.60. The number of halogens is 1. The number of aryl methyl sites for hydroxylation is 2. The summed E-state index contributed by atoms with van der Waals surface area (Å²) in [6.45, 7) is 6.13. The van der Waals surface area contributed by atoms with E-state index in [9.17, 15) is 0 Å². The van der Waals surface area contributed by atoms with Crippen LogP contribution in [0.25, 0.3) is 0 Å². The Morgan fingerprint density at radius 3 is 2.38 bits per heavy atom. The van der Waals surface area contributed by atoms with Crippen molar-refractivity contribution in [3.63, 3.8) is 0 Å². The maximum Gasteiger partial charge on any atom is 0.145 e. The fourth-order valence-corrected chi connectivity index (χ4v) is 3.39. The number of methoxy groups -OCH3 is 2. The molecule has 1 N–H and O–H groups in total. The van der Waals surface area contributed by atoms with Crippen molar-refractivity contribution in [3.8, 4) is 11.5 Å². The zero-order valence-electron chi connectivity index (χ0n) is 12.8. The standard InChI is InChI=1S/C15H19ClN2O2S/c1-8-15(21-10(3)17-8)9(2)18-12-6-11(16)13(19-4)7-14(12)20-5/h6-7,9,18H,1-5H3. The van der Waals surface area contributed by atoms with E-state index < -0.39 is 0 Å². The number of nitrogens with one attached hydrogen (secondary N) is 1. The molecule has 1 aromatic carbocycles. The highest BCUT2D eigenvalue weighted by Crippen LogP contribution is 2.38. The van der Waals surface area contributed by atoms with E-state index >= 15 is 0 Å². The number of aromatic nitrogens is 1. The van der Waals surface area contributed by atoms with E-state index in [1.165, 1.54) is 4.88 Å². The first-order chi connectivity index (χ1) is 9.96. The fraction of sp³-hybridized carbons (Fsp3) is 0.400. The van der Waals surface area contributed by atoms with Crippen LogP contribution >= 0.6 is 22.9 Å². The van der Waals surface area contributed by atoms with Crippen LogP contribution in [-0.4, -0.2) is 19.2 Å². The molecule has 0 amide bonds. The SMILES string of the molecule is COc1cc(OC)c(NC(C)c2sc(C)nc2C)cc1Cl. The van der Waals surface area contributed by atoms with Gasteiger partial charge in [0.05, 0.1) is 41.7 Å². The maximum absolute atomic E-state index is 6.19. The Kier molecular flexibility index (Phi) is 4.96. The summed E-state index contributed by atoms with van der Waals surface area (Å²) in [4.78, 5) is 5.67. The molecular weight excluding hydrogens is 308 g/mol. The number of hydrogen-bond donors (Lipinski definition) is 1. The molecule has 0 aliphatic rings. The third-order valence-electron chi connectivity index (χ3n) is 3.18. The summed E-state index contributed by atoms with van der Waals surface area (Å²) in [6.07, 6.45) is 0. The third-order valence-corrected chi connectivity index (χ3v) is 4.73. The van der Waals surface area contributed by atoms with Gasteiger partial charge in [0.2, 0.25) is 0 Å². The van der Waals surface area contributed by atoms with Crippen molar-refractivity contribution in [2.45, 2.75) is 26.8 Å². The van der Waals surface area contributed by atoms with Crippen molar-refractivity contribution >= 4 is 28.6 Å². The Bertz CT molecular complexity index is 643. The van der Waals surface area contributed by atoms with Crippen LogP contribution in [0.5, 0.6) is 11.5 Å². The molecule has 0 fully saturated rings. The molecule has 0 aliphatic heterocycles. The average Bonchev–Trinajstić information content (AvgIpc) is 2.78. The number of hydrogen-bond acceptors (Lipinski definition) is 5. The lowest BCUT2D eigenvalue weighted by atomic mass is 10.2. The lowest BCUT2D eigenvalue weighted by Crippen LogP contribution is -2.07. The molecule has 0 saturated carbocycles. The van der Waals surface area contributed by atoms with Gasteiger partial charge in [0, 0.05) is 10.9 Å². The van der Waals surface area contributed by atoms with Gasteiger partial charge in [0.25, 0.3) is 0 Å². The molecule has 0 bridgehead atoms. The van der Waals surface area contributed by atoms with Gasteiger partial charge in [-0.2, -0.15) is 0 Å². The summed E-state index contributed by atoms with van der Waals surface area (Å²) in [5.41, 5.74) is 1.89. The molecule has 0 radical (unpaired) electrons.